The molecule has 0 heterocycles. The number of nitrogens with one attached hydrogen (secondary N) is 1. The molecule has 2 N–H and O–H groups in total. The summed E-state index contributed by atoms with van der Waals surface area (Å²) in [6.45, 7) is 2.06. The first-order valence-corrected chi connectivity index (χ1v) is 5.65. The van der Waals surface area contributed by atoms with E-state index in [1.54, 1.807) is 0 Å². The van der Waals surface area contributed by atoms with Gasteiger partial charge >= 0.3 is 0 Å². The third-order valence-corrected chi connectivity index (χ3v) is 3.42. The minimum atomic E-state index is -0.163. The highest BCUT2D eigenvalue weighted by atomic mass is 16.3. The molecule has 2 aliphatic carbocycles. The van der Waals surface area contributed by atoms with Gasteiger partial charge in [0, 0.05) is 12.0 Å². The summed E-state index contributed by atoms with van der Waals surface area (Å²) in [6.07, 6.45) is 4.66. The topological polar surface area (TPSA) is 49.3 Å². The van der Waals surface area contributed by atoms with Crippen LogP contribution in [0.5, 0.6) is 0 Å². The quantitative estimate of drug-likeness (QED) is 0.695. The second-order valence-corrected chi connectivity index (χ2v) is 4.84. The van der Waals surface area contributed by atoms with Crippen molar-refractivity contribution in [2.75, 3.05) is 0 Å². The van der Waals surface area contributed by atoms with E-state index in [0.717, 1.165) is 32.1 Å². The number of hydrogen-bond donors (Lipinski definition) is 2. The first-order valence-electron chi connectivity index (χ1n) is 5.65. The van der Waals surface area contributed by atoms with Gasteiger partial charge in [-0.25, -0.2) is 0 Å². The molecule has 2 rings (SSSR count). The maximum atomic E-state index is 11.5. The molecule has 0 bridgehead atoms. The summed E-state index contributed by atoms with van der Waals surface area (Å²) >= 11 is 0. The van der Waals surface area contributed by atoms with Gasteiger partial charge in [0.1, 0.15) is 0 Å². The zero-order valence-electron chi connectivity index (χ0n) is 8.70. The molecule has 0 aromatic rings. The van der Waals surface area contributed by atoms with Crippen LogP contribution >= 0.6 is 0 Å². The molecule has 0 spiro atoms. The van der Waals surface area contributed by atoms with Gasteiger partial charge in [-0.3, -0.25) is 4.79 Å². The van der Waals surface area contributed by atoms with Crippen LogP contribution in [0.4, 0.5) is 0 Å². The Hall–Kier alpha value is -0.570. The fourth-order valence-corrected chi connectivity index (χ4v) is 2.18. The lowest BCUT2D eigenvalue weighted by atomic mass is 9.84. The van der Waals surface area contributed by atoms with Gasteiger partial charge in [0.15, 0.2) is 0 Å². The molecule has 3 heteroatoms. The first-order chi connectivity index (χ1) is 6.66. The molecular weight excluding hydrogens is 178 g/mol. The summed E-state index contributed by atoms with van der Waals surface area (Å²) in [5.74, 6) is 0.865. The van der Waals surface area contributed by atoms with Crippen molar-refractivity contribution in [2.24, 2.45) is 11.8 Å². The van der Waals surface area contributed by atoms with Crippen LogP contribution in [0.2, 0.25) is 0 Å². The molecular formula is C11H19NO2. The molecule has 3 nitrogen and oxygen atoms in total. The molecule has 80 valence electrons. The Labute approximate surface area is 84.9 Å². The smallest absolute Gasteiger partial charge is 0.223 e. The van der Waals surface area contributed by atoms with Crippen LogP contribution in [0.3, 0.4) is 0 Å². The number of carbonyl (C=O) groups is 1. The van der Waals surface area contributed by atoms with Crippen LogP contribution in [-0.2, 0) is 4.79 Å². The lowest BCUT2D eigenvalue weighted by Crippen LogP contribution is -2.42. The molecule has 0 radical (unpaired) electrons. The third-order valence-electron chi connectivity index (χ3n) is 3.42. The van der Waals surface area contributed by atoms with E-state index >= 15 is 0 Å². The summed E-state index contributed by atoms with van der Waals surface area (Å²) in [5, 5.41) is 12.6. The maximum absolute atomic E-state index is 11.5. The molecule has 14 heavy (non-hydrogen) atoms. The lowest BCUT2D eigenvalue weighted by Gasteiger charge is -2.31. The van der Waals surface area contributed by atoms with Crippen molar-refractivity contribution in [1.82, 2.24) is 5.32 Å². The lowest BCUT2D eigenvalue weighted by molar-refractivity contribution is -0.123. The molecule has 0 aromatic carbocycles. The second-order valence-electron chi connectivity index (χ2n) is 4.84. The van der Waals surface area contributed by atoms with E-state index in [1.165, 1.54) is 0 Å². The average molecular weight is 197 g/mol. The van der Waals surface area contributed by atoms with E-state index in [1.807, 2.05) is 0 Å². The summed E-state index contributed by atoms with van der Waals surface area (Å²) in [6, 6.07) is 0.307. The normalized spacial score (nSPS) is 38.0. The molecule has 0 aliphatic heterocycles. The van der Waals surface area contributed by atoms with E-state index in [9.17, 15) is 9.90 Å². The van der Waals surface area contributed by atoms with E-state index in [2.05, 4.69) is 12.2 Å². The minimum absolute atomic E-state index is 0.163. The Morgan fingerprint density at radius 2 is 2.00 bits per heavy atom. The number of rotatable bonds is 2. The zero-order valence-corrected chi connectivity index (χ0v) is 8.70. The molecule has 2 aliphatic rings. The Balaban J connectivity index is 1.78. The van der Waals surface area contributed by atoms with E-state index in [4.69, 9.17) is 0 Å². The molecule has 1 amide bonds. The van der Waals surface area contributed by atoms with Crippen LogP contribution < -0.4 is 5.32 Å². The second kappa shape index (κ2) is 3.89. The number of aliphatic hydroxyl groups is 1. The molecule has 1 unspecified atom stereocenters. The predicted molar refractivity (Wildman–Crippen MR) is 53.7 cm³/mol. The largest absolute Gasteiger partial charge is 0.393 e. The monoisotopic (exact) mass is 197 g/mol. The fourth-order valence-electron chi connectivity index (χ4n) is 2.18. The average Bonchev–Trinajstić information content (AvgIpc) is 2.94. The number of hydrogen-bond acceptors (Lipinski definition) is 2. The maximum Gasteiger partial charge on any atom is 0.223 e. The van der Waals surface area contributed by atoms with Gasteiger partial charge < -0.3 is 10.4 Å². The number of aliphatic hydroxyl groups excluding tert-OH is 1. The zero-order chi connectivity index (χ0) is 10.1. The summed E-state index contributed by atoms with van der Waals surface area (Å²) in [7, 11) is 0. The van der Waals surface area contributed by atoms with Crippen molar-refractivity contribution < 1.29 is 9.90 Å². The van der Waals surface area contributed by atoms with Gasteiger partial charge in [0.2, 0.25) is 5.91 Å². The van der Waals surface area contributed by atoms with Crippen LogP contribution in [0.25, 0.3) is 0 Å². The van der Waals surface area contributed by atoms with Crippen molar-refractivity contribution in [1.29, 1.82) is 0 Å². The molecule has 2 saturated carbocycles. The Bertz CT molecular complexity index is 225. The molecule has 0 saturated heterocycles. The highest BCUT2D eigenvalue weighted by Crippen LogP contribution is 2.30. The van der Waals surface area contributed by atoms with Gasteiger partial charge in [-0.2, -0.15) is 0 Å². The summed E-state index contributed by atoms with van der Waals surface area (Å²) in [4.78, 5) is 11.5. The van der Waals surface area contributed by atoms with Gasteiger partial charge in [0.25, 0.3) is 0 Å². The van der Waals surface area contributed by atoms with Gasteiger partial charge in [-0.05, 0) is 38.0 Å². The summed E-state index contributed by atoms with van der Waals surface area (Å²) < 4.78 is 0. The molecule has 0 aromatic heterocycles. The van der Waals surface area contributed by atoms with E-state index < -0.39 is 0 Å². The van der Waals surface area contributed by atoms with Crippen LogP contribution in [-0.4, -0.2) is 23.2 Å². The molecule has 2 fully saturated rings. The highest BCUT2D eigenvalue weighted by molar-refractivity contribution is 5.81. The first kappa shape index (κ1) is 9.97. The van der Waals surface area contributed by atoms with Gasteiger partial charge in [-0.15, -0.1) is 0 Å². The fraction of sp³-hybridized carbons (Fsp3) is 0.909. The van der Waals surface area contributed by atoms with Crippen LogP contribution in [0.1, 0.15) is 39.0 Å². The Morgan fingerprint density at radius 1 is 1.29 bits per heavy atom. The number of amides is 1. The van der Waals surface area contributed by atoms with Crippen molar-refractivity contribution in [3.05, 3.63) is 0 Å². The third kappa shape index (κ3) is 2.27. The van der Waals surface area contributed by atoms with Gasteiger partial charge in [-0.1, -0.05) is 6.92 Å². The van der Waals surface area contributed by atoms with Crippen molar-refractivity contribution in [2.45, 2.75) is 51.2 Å². The SMILES string of the molecule is C[C@@H]1C[C@@H](NC(=O)C2CC2)CCC1O. The van der Waals surface area contributed by atoms with E-state index in [0.29, 0.717) is 17.9 Å². The van der Waals surface area contributed by atoms with Gasteiger partial charge in [0.05, 0.1) is 6.10 Å². The Morgan fingerprint density at radius 3 is 2.57 bits per heavy atom. The standard InChI is InChI=1S/C11H19NO2/c1-7-6-9(4-5-10(7)13)12-11(14)8-2-3-8/h7-10,13H,2-6H2,1H3,(H,12,14)/t7-,9+,10?/m1/s1. The van der Waals surface area contributed by atoms with E-state index in [-0.39, 0.29) is 12.0 Å². The number of carbonyl (C=O) groups excluding carboxylic acids is 1. The minimum Gasteiger partial charge on any atom is -0.393 e. The van der Waals surface area contributed by atoms with Crippen LogP contribution in [0, 0.1) is 11.8 Å². The van der Waals surface area contributed by atoms with Crippen molar-refractivity contribution in [3.63, 3.8) is 0 Å². The summed E-state index contributed by atoms with van der Waals surface area (Å²) in [5.41, 5.74) is 0. The highest BCUT2D eigenvalue weighted by Gasteiger charge is 2.33. The predicted octanol–water partition coefficient (Wildman–Crippen LogP) is 1.06. The van der Waals surface area contributed by atoms with Crippen LogP contribution in [0.15, 0.2) is 0 Å². The van der Waals surface area contributed by atoms with Crippen molar-refractivity contribution >= 4 is 5.91 Å². The molecule has 3 atom stereocenters. The Kier molecular flexibility index (Phi) is 2.77. The van der Waals surface area contributed by atoms with Crippen molar-refractivity contribution in [3.8, 4) is 0 Å².